The molecular weight excluding hydrogens is 521 g/mol. The Kier molecular flexibility index (Phi) is 9.53. The van der Waals surface area contributed by atoms with Gasteiger partial charge in [-0.15, -0.1) is 0 Å². The zero-order valence-corrected chi connectivity index (χ0v) is 31.3. The van der Waals surface area contributed by atoms with Crippen molar-refractivity contribution in [2.45, 2.75) is 98.2 Å². The van der Waals surface area contributed by atoms with E-state index in [9.17, 15) is 0 Å². The van der Waals surface area contributed by atoms with Gasteiger partial charge >= 0.3 is 8.80 Å². The van der Waals surface area contributed by atoms with Crippen LogP contribution in [0.2, 0.25) is 98.2 Å². The predicted octanol–water partition coefficient (Wildman–Crippen LogP) is 7.39. The molecule has 1 aromatic carbocycles. The molecule has 0 aromatic heterocycles. The molecule has 0 fully saturated rings. The van der Waals surface area contributed by atoms with Gasteiger partial charge in [-0.2, -0.15) is 0 Å². The fourth-order valence-electron chi connectivity index (χ4n) is 2.65. The predicted molar refractivity (Wildman–Crippen MR) is 168 cm³/mol. The van der Waals surface area contributed by atoms with Crippen molar-refractivity contribution in [2.24, 2.45) is 0 Å². The molecule has 0 saturated heterocycles. The molecule has 0 amide bonds. The van der Waals surface area contributed by atoms with Crippen molar-refractivity contribution >= 4 is 66.3 Å². The van der Waals surface area contributed by atoms with Crippen LogP contribution in [0.15, 0.2) is 30.8 Å². The van der Waals surface area contributed by atoms with Crippen LogP contribution in [-0.4, -0.2) is 55.1 Å². The molecule has 0 bridgehead atoms. The minimum Gasteiger partial charge on any atom is -0.416 e. The first-order chi connectivity index (χ1) is 14.4. The summed E-state index contributed by atoms with van der Waals surface area (Å²) >= 11 is 0. The van der Waals surface area contributed by atoms with Gasteiger partial charge in [-0.05, 0) is 44.8 Å². The molecule has 10 heteroatoms. The minimum absolute atomic E-state index is 1.10. The van der Waals surface area contributed by atoms with E-state index in [1.165, 1.54) is 0 Å². The molecule has 0 heterocycles. The van der Waals surface area contributed by atoms with Gasteiger partial charge < -0.3 is 12.3 Å². The molecule has 0 unspecified atom stereocenters. The molecular formula is C23H52O3Si7. The van der Waals surface area contributed by atoms with Crippen LogP contribution in [-0.2, 0) is 12.3 Å². The minimum atomic E-state index is -3.25. The first-order valence-corrected chi connectivity index (χ1v) is 36.2. The molecule has 0 N–H and O–H groups in total. The summed E-state index contributed by atoms with van der Waals surface area (Å²) in [4.78, 5) is 0. The van der Waals surface area contributed by atoms with E-state index in [4.69, 9.17) is 12.3 Å². The number of rotatable bonds is 11. The monoisotopic (exact) mass is 572 g/mol. The quantitative estimate of drug-likeness (QED) is 0.259. The van der Waals surface area contributed by atoms with Gasteiger partial charge in [-0.3, -0.25) is 0 Å². The second kappa shape index (κ2) is 10.0. The SMILES string of the molecule is C=Cc1ccccc1[Si](O[Si](C)(C)[Si](C)(C)C)(O[Si](C)(C)[Si](C)(C)C)O[Si](C)(C)[Si](C)(C)C. The second-order valence-electron chi connectivity index (χ2n) is 13.9. The van der Waals surface area contributed by atoms with Crippen molar-refractivity contribution in [2.75, 3.05) is 0 Å². The standard InChI is InChI=1S/C23H52O3Si7/c1-17-22-20-18-19-21-23(22)33(24-30(11,12)27(2,3)4,25-31(13,14)28(5,6)7)26-32(15,16)29(8,9)10/h17-21H,1H2,2-16H3. The summed E-state index contributed by atoms with van der Waals surface area (Å²) in [6.07, 6.45) is 1.96. The van der Waals surface area contributed by atoms with E-state index in [-0.39, 0.29) is 0 Å². The zero-order chi connectivity index (χ0) is 26.3. The number of hydrogen-bond acceptors (Lipinski definition) is 3. The molecule has 190 valence electrons. The Morgan fingerprint density at radius 1 is 0.545 bits per heavy atom. The normalized spacial score (nSPS) is 15.0. The summed E-state index contributed by atoms with van der Waals surface area (Å²) in [5.41, 5.74) is 1.10. The summed E-state index contributed by atoms with van der Waals surface area (Å²) in [6.45, 7) is 40.6. The van der Waals surface area contributed by atoms with Crippen molar-refractivity contribution in [1.29, 1.82) is 0 Å². The summed E-state index contributed by atoms with van der Waals surface area (Å²) in [6, 6.07) is 8.56. The lowest BCUT2D eigenvalue weighted by Crippen LogP contribution is -2.76. The lowest BCUT2D eigenvalue weighted by atomic mass is 10.2. The highest BCUT2D eigenvalue weighted by Gasteiger charge is 2.60. The van der Waals surface area contributed by atoms with Crippen molar-refractivity contribution in [3.05, 3.63) is 36.4 Å². The van der Waals surface area contributed by atoms with Crippen LogP contribution >= 0.6 is 0 Å². The van der Waals surface area contributed by atoms with Crippen LogP contribution in [0, 0.1) is 0 Å². The molecule has 3 nitrogen and oxygen atoms in total. The van der Waals surface area contributed by atoms with Gasteiger partial charge in [0.25, 0.3) is 0 Å². The molecule has 0 aliphatic carbocycles. The van der Waals surface area contributed by atoms with Crippen LogP contribution in [0.5, 0.6) is 0 Å². The third kappa shape index (κ3) is 7.20. The molecule has 0 aliphatic heterocycles. The van der Waals surface area contributed by atoms with Crippen molar-refractivity contribution in [3.8, 4) is 0 Å². The summed E-state index contributed by atoms with van der Waals surface area (Å²) in [5, 5.41) is 1.14. The zero-order valence-electron chi connectivity index (χ0n) is 24.3. The van der Waals surface area contributed by atoms with E-state index in [2.05, 4.69) is 129 Å². The maximum atomic E-state index is 7.54. The fourth-order valence-corrected chi connectivity index (χ4v) is 30.1. The van der Waals surface area contributed by atoms with Crippen LogP contribution < -0.4 is 5.19 Å². The van der Waals surface area contributed by atoms with Crippen LogP contribution in [0.3, 0.4) is 0 Å². The molecule has 1 aromatic rings. The van der Waals surface area contributed by atoms with E-state index in [0.717, 1.165) is 10.8 Å². The van der Waals surface area contributed by atoms with Crippen LogP contribution in [0.25, 0.3) is 6.08 Å². The van der Waals surface area contributed by atoms with Gasteiger partial charge in [-0.25, -0.2) is 0 Å². The molecule has 0 aliphatic rings. The van der Waals surface area contributed by atoms with Gasteiger partial charge in [0.15, 0.2) is 23.5 Å². The third-order valence-electron chi connectivity index (χ3n) is 8.10. The van der Waals surface area contributed by atoms with Crippen molar-refractivity contribution < 1.29 is 12.3 Å². The maximum absolute atomic E-state index is 7.54. The molecule has 0 radical (unpaired) electrons. The average molecular weight is 573 g/mol. The Morgan fingerprint density at radius 2 is 0.848 bits per heavy atom. The maximum Gasteiger partial charge on any atom is 0.505 e. The van der Waals surface area contributed by atoms with E-state index >= 15 is 0 Å². The lowest BCUT2D eigenvalue weighted by Gasteiger charge is -2.51. The Hall–Kier alpha value is 0.358. The molecule has 0 spiro atoms. The summed E-state index contributed by atoms with van der Waals surface area (Å²) < 4.78 is 22.6. The van der Waals surface area contributed by atoms with Gasteiger partial charge in [-0.1, -0.05) is 95.8 Å². The Bertz CT molecular complexity index is 762. The smallest absolute Gasteiger partial charge is 0.416 e. The fraction of sp³-hybridized carbons (Fsp3) is 0.652. The van der Waals surface area contributed by atoms with Gasteiger partial charge in [0.2, 0.25) is 0 Å². The molecule has 0 atom stereocenters. The molecule has 33 heavy (non-hydrogen) atoms. The average Bonchev–Trinajstić information content (AvgIpc) is 2.57. The highest BCUT2D eigenvalue weighted by atomic mass is 29.3. The number of benzene rings is 1. The highest BCUT2D eigenvalue weighted by Crippen LogP contribution is 2.35. The van der Waals surface area contributed by atoms with Crippen molar-refractivity contribution in [1.82, 2.24) is 0 Å². The highest BCUT2D eigenvalue weighted by molar-refractivity contribution is 7.42. The lowest BCUT2D eigenvalue weighted by molar-refractivity contribution is 0.280. The number of hydrogen-bond donors (Lipinski definition) is 0. The van der Waals surface area contributed by atoms with Crippen LogP contribution in [0.1, 0.15) is 5.56 Å². The van der Waals surface area contributed by atoms with Crippen molar-refractivity contribution in [3.63, 3.8) is 0 Å². The first-order valence-electron chi connectivity index (χ1n) is 12.2. The first kappa shape index (κ1) is 31.4. The van der Waals surface area contributed by atoms with E-state index in [1.54, 1.807) is 0 Å². The molecule has 0 saturated carbocycles. The van der Waals surface area contributed by atoms with Gasteiger partial charge in [0, 0.05) is 5.19 Å². The summed E-state index contributed by atoms with van der Waals surface area (Å²) in [5.74, 6) is 0. The third-order valence-corrected chi connectivity index (χ3v) is 64.7. The van der Waals surface area contributed by atoms with E-state index < -0.39 is 55.1 Å². The topological polar surface area (TPSA) is 27.7 Å². The Labute approximate surface area is 212 Å². The second-order valence-corrected chi connectivity index (χ2v) is 64.9. The molecule has 1 rings (SSSR count). The van der Waals surface area contributed by atoms with Gasteiger partial charge in [0.1, 0.15) is 0 Å². The Morgan fingerprint density at radius 3 is 1.12 bits per heavy atom. The summed E-state index contributed by atoms with van der Waals surface area (Å²) in [7, 11) is -14.2. The van der Waals surface area contributed by atoms with E-state index in [0.29, 0.717) is 0 Å². The van der Waals surface area contributed by atoms with E-state index in [1.807, 2.05) is 6.08 Å². The Balaban J connectivity index is 4.04. The van der Waals surface area contributed by atoms with Gasteiger partial charge in [0.05, 0.1) is 22.8 Å². The van der Waals surface area contributed by atoms with Crippen LogP contribution in [0.4, 0.5) is 0 Å². The largest absolute Gasteiger partial charge is 0.505 e.